The first kappa shape index (κ1) is 22.3. The molecule has 1 aromatic heterocycles. The molecule has 0 aliphatic carbocycles. The lowest BCUT2D eigenvalue weighted by molar-refractivity contribution is -0.137. The van der Waals surface area contributed by atoms with E-state index in [1.54, 1.807) is 18.3 Å². The van der Waals surface area contributed by atoms with Gasteiger partial charge in [-0.3, -0.25) is 14.3 Å². The fourth-order valence-corrected chi connectivity index (χ4v) is 5.52. The molecular formula is C27H29FN4O2. The van der Waals surface area contributed by atoms with E-state index in [-0.39, 0.29) is 23.7 Å². The van der Waals surface area contributed by atoms with E-state index in [9.17, 15) is 14.0 Å². The highest BCUT2D eigenvalue weighted by Gasteiger charge is 2.51. The number of piperidine rings is 1. The molecule has 1 atom stereocenters. The molecular weight excluding hydrogens is 431 g/mol. The van der Waals surface area contributed by atoms with Gasteiger partial charge in [-0.1, -0.05) is 30.3 Å². The third kappa shape index (κ3) is 4.22. The molecule has 0 saturated carbocycles. The van der Waals surface area contributed by atoms with Crippen molar-refractivity contribution < 1.29 is 14.0 Å². The second-order valence-corrected chi connectivity index (χ2v) is 9.54. The van der Waals surface area contributed by atoms with E-state index < -0.39 is 5.41 Å². The van der Waals surface area contributed by atoms with E-state index in [2.05, 4.69) is 5.10 Å². The van der Waals surface area contributed by atoms with E-state index in [0.717, 1.165) is 17.5 Å². The molecule has 2 aliphatic heterocycles. The van der Waals surface area contributed by atoms with Crippen molar-refractivity contribution in [2.24, 2.45) is 5.41 Å². The van der Waals surface area contributed by atoms with Crippen LogP contribution in [0.5, 0.6) is 0 Å². The van der Waals surface area contributed by atoms with Crippen molar-refractivity contribution in [2.45, 2.75) is 38.3 Å². The molecule has 0 bridgehead atoms. The van der Waals surface area contributed by atoms with Gasteiger partial charge in [0.25, 0.3) is 5.91 Å². The van der Waals surface area contributed by atoms with E-state index in [0.29, 0.717) is 44.5 Å². The van der Waals surface area contributed by atoms with E-state index in [4.69, 9.17) is 0 Å². The van der Waals surface area contributed by atoms with Crippen LogP contribution in [0.3, 0.4) is 0 Å². The molecule has 2 aliphatic rings. The molecule has 2 fully saturated rings. The second kappa shape index (κ2) is 9.05. The molecule has 0 radical (unpaired) electrons. The predicted molar refractivity (Wildman–Crippen MR) is 127 cm³/mol. The number of carbonyl (C=O) groups excluding carboxylic acids is 2. The zero-order valence-electron chi connectivity index (χ0n) is 19.4. The lowest BCUT2D eigenvalue weighted by atomic mass is 9.75. The summed E-state index contributed by atoms with van der Waals surface area (Å²) in [6, 6.07) is 16.2. The van der Waals surface area contributed by atoms with Gasteiger partial charge in [-0.05, 0) is 61.1 Å². The number of hydrogen-bond donors (Lipinski definition) is 0. The first-order valence-corrected chi connectivity index (χ1v) is 11.8. The number of nitrogens with zero attached hydrogens (tertiary/aromatic N) is 4. The van der Waals surface area contributed by atoms with Crippen LogP contribution in [0.2, 0.25) is 0 Å². The third-order valence-electron chi connectivity index (χ3n) is 7.46. The van der Waals surface area contributed by atoms with Crippen LogP contribution in [0.15, 0.2) is 67.0 Å². The van der Waals surface area contributed by atoms with Gasteiger partial charge in [0.15, 0.2) is 0 Å². The Kier molecular flexibility index (Phi) is 5.94. The number of aromatic nitrogens is 2. The van der Waals surface area contributed by atoms with Gasteiger partial charge in [0.1, 0.15) is 5.82 Å². The first-order valence-electron chi connectivity index (χ1n) is 11.8. The molecule has 2 amide bonds. The largest absolute Gasteiger partial charge is 0.342 e. The molecule has 34 heavy (non-hydrogen) atoms. The normalized spacial score (nSPS) is 19.7. The quantitative estimate of drug-likeness (QED) is 0.583. The molecule has 6 nitrogen and oxygen atoms in total. The summed E-state index contributed by atoms with van der Waals surface area (Å²) in [6.45, 7) is 1.65. The summed E-state index contributed by atoms with van der Waals surface area (Å²) in [7, 11) is 1.85. The summed E-state index contributed by atoms with van der Waals surface area (Å²) in [5.74, 6) is -0.0911. The smallest absolute Gasteiger partial charge is 0.254 e. The number of likely N-dealkylation sites (tertiary alicyclic amines) is 2. The van der Waals surface area contributed by atoms with Gasteiger partial charge < -0.3 is 9.80 Å². The topological polar surface area (TPSA) is 58.4 Å². The number of likely N-dealkylation sites (N-methyl/N-ethyl adjacent to an activating group) is 1. The average molecular weight is 461 g/mol. The average Bonchev–Trinajstić information content (AvgIpc) is 3.43. The Morgan fingerprint density at radius 1 is 1.12 bits per heavy atom. The standard InChI is InChI=1S/C27H29FN4O2/c1-30-23(17-20-6-4-8-22(28)16-20)18-27(26(30)34)10-14-31(15-11-27)25(33)24-9-3-2-7-21(24)19-32-13-5-12-29-32/h2-9,12-13,16,23H,10-11,14-15,17-19H2,1H3/t23-/m0/s1. The molecule has 1 spiro atoms. The minimum atomic E-state index is -0.432. The van der Waals surface area contributed by atoms with Gasteiger partial charge in [-0.25, -0.2) is 4.39 Å². The Balaban J connectivity index is 1.26. The predicted octanol–water partition coefficient (Wildman–Crippen LogP) is 3.77. The van der Waals surface area contributed by atoms with E-state index in [1.165, 1.54) is 6.07 Å². The van der Waals surface area contributed by atoms with Gasteiger partial charge in [-0.15, -0.1) is 0 Å². The van der Waals surface area contributed by atoms with Crippen molar-refractivity contribution in [3.8, 4) is 0 Å². The van der Waals surface area contributed by atoms with Gasteiger partial charge in [0.2, 0.25) is 5.91 Å². The third-order valence-corrected chi connectivity index (χ3v) is 7.46. The number of hydrogen-bond acceptors (Lipinski definition) is 3. The van der Waals surface area contributed by atoms with Crippen molar-refractivity contribution in [2.75, 3.05) is 20.1 Å². The number of amides is 2. The van der Waals surface area contributed by atoms with Crippen LogP contribution in [0, 0.1) is 11.2 Å². The Labute approximate surface area is 199 Å². The Morgan fingerprint density at radius 3 is 2.65 bits per heavy atom. The highest BCUT2D eigenvalue weighted by Crippen LogP contribution is 2.45. The molecule has 176 valence electrons. The van der Waals surface area contributed by atoms with Gasteiger partial charge in [-0.2, -0.15) is 5.10 Å². The van der Waals surface area contributed by atoms with Crippen LogP contribution in [-0.4, -0.2) is 57.6 Å². The molecule has 0 N–H and O–H groups in total. The monoisotopic (exact) mass is 460 g/mol. The summed E-state index contributed by atoms with van der Waals surface area (Å²) in [5, 5.41) is 4.26. The first-order chi connectivity index (χ1) is 16.4. The van der Waals surface area contributed by atoms with Crippen molar-refractivity contribution in [1.82, 2.24) is 19.6 Å². The maximum Gasteiger partial charge on any atom is 0.254 e. The number of carbonyl (C=O) groups is 2. The van der Waals surface area contributed by atoms with Crippen LogP contribution in [0.4, 0.5) is 4.39 Å². The zero-order valence-corrected chi connectivity index (χ0v) is 19.4. The number of halogens is 1. The number of rotatable bonds is 5. The van der Waals surface area contributed by atoms with Crippen LogP contribution in [-0.2, 0) is 17.8 Å². The summed E-state index contributed by atoms with van der Waals surface area (Å²) < 4.78 is 15.4. The number of benzene rings is 2. The summed E-state index contributed by atoms with van der Waals surface area (Å²) >= 11 is 0. The molecule has 5 rings (SSSR count). The van der Waals surface area contributed by atoms with Crippen LogP contribution in [0.25, 0.3) is 0 Å². The molecule has 0 unspecified atom stereocenters. The van der Waals surface area contributed by atoms with Crippen LogP contribution < -0.4 is 0 Å². The van der Waals surface area contributed by atoms with Crippen molar-refractivity contribution in [3.63, 3.8) is 0 Å². The lowest BCUT2D eigenvalue weighted by Gasteiger charge is -2.38. The molecule has 3 aromatic rings. The van der Waals surface area contributed by atoms with Gasteiger partial charge >= 0.3 is 0 Å². The fourth-order valence-electron chi connectivity index (χ4n) is 5.52. The lowest BCUT2D eigenvalue weighted by Crippen LogP contribution is -2.46. The SMILES string of the molecule is CN1C(=O)C2(CCN(C(=O)c3ccccc3Cn3cccn3)CC2)C[C@@H]1Cc1cccc(F)c1. The van der Waals surface area contributed by atoms with Gasteiger partial charge in [0, 0.05) is 44.1 Å². The highest BCUT2D eigenvalue weighted by atomic mass is 19.1. The van der Waals surface area contributed by atoms with Crippen LogP contribution in [0.1, 0.15) is 40.7 Å². The Hall–Kier alpha value is -3.48. The summed E-state index contributed by atoms with van der Waals surface area (Å²) in [5.41, 5.74) is 2.09. The molecule has 7 heteroatoms. The van der Waals surface area contributed by atoms with Crippen molar-refractivity contribution in [3.05, 3.63) is 89.5 Å². The fraction of sp³-hybridized carbons (Fsp3) is 0.370. The van der Waals surface area contributed by atoms with Crippen LogP contribution >= 0.6 is 0 Å². The van der Waals surface area contributed by atoms with Crippen molar-refractivity contribution in [1.29, 1.82) is 0 Å². The minimum absolute atomic E-state index is 0.00715. The summed E-state index contributed by atoms with van der Waals surface area (Å²) in [4.78, 5) is 30.4. The second-order valence-electron chi connectivity index (χ2n) is 9.54. The molecule has 2 aromatic carbocycles. The van der Waals surface area contributed by atoms with Crippen molar-refractivity contribution >= 4 is 11.8 Å². The molecule has 2 saturated heterocycles. The molecule has 3 heterocycles. The minimum Gasteiger partial charge on any atom is -0.342 e. The Bertz CT molecular complexity index is 1180. The zero-order chi connectivity index (χ0) is 23.7. The maximum absolute atomic E-state index is 13.6. The summed E-state index contributed by atoms with van der Waals surface area (Å²) in [6.07, 6.45) is 6.31. The highest BCUT2D eigenvalue weighted by molar-refractivity contribution is 5.96. The maximum atomic E-state index is 13.6. The van der Waals surface area contributed by atoms with Gasteiger partial charge in [0.05, 0.1) is 12.0 Å². The van der Waals surface area contributed by atoms with E-state index >= 15 is 0 Å². The Morgan fingerprint density at radius 2 is 1.91 bits per heavy atom. The van der Waals surface area contributed by atoms with E-state index in [1.807, 2.05) is 64.1 Å².